The number of imidazole rings is 1. The molecule has 196 valence electrons. The van der Waals surface area contributed by atoms with E-state index < -0.39 is 23.5 Å². The number of hydrogen-bond acceptors (Lipinski definition) is 5. The van der Waals surface area contributed by atoms with Crippen LogP contribution in [-0.4, -0.2) is 50.0 Å². The Labute approximate surface area is 217 Å². The fourth-order valence-corrected chi connectivity index (χ4v) is 5.07. The van der Waals surface area contributed by atoms with Crippen LogP contribution in [0.3, 0.4) is 0 Å². The van der Waals surface area contributed by atoms with E-state index in [0.717, 1.165) is 36.0 Å². The number of carboxylic acids is 1. The predicted octanol–water partition coefficient (Wildman–Crippen LogP) is 5.22. The molecule has 0 aliphatic carbocycles. The van der Waals surface area contributed by atoms with Gasteiger partial charge in [-0.1, -0.05) is 43.5 Å². The number of aryl methyl sites for hydroxylation is 2. The number of nitrogens with zero attached hydrogens (tertiary/aromatic N) is 2. The number of phenols is 1. The van der Waals surface area contributed by atoms with E-state index in [4.69, 9.17) is 4.74 Å². The first-order valence-corrected chi connectivity index (χ1v) is 12.7. The SMILES string of the molecule is CCCCCc1cc2c(c(O)c1C(=O)N(C)C(Cc1c[nH]cn1)C(=O)O)-c1cc(C)ccc1C(C)(C)O2. The molecule has 0 radical (unpaired) electrons. The largest absolute Gasteiger partial charge is 0.506 e. The zero-order valence-corrected chi connectivity index (χ0v) is 22.1. The van der Waals surface area contributed by atoms with Crippen LogP contribution in [0.5, 0.6) is 11.5 Å². The summed E-state index contributed by atoms with van der Waals surface area (Å²) in [7, 11) is 1.46. The van der Waals surface area contributed by atoms with Crippen LogP contribution < -0.4 is 4.74 Å². The molecule has 1 aromatic heterocycles. The highest BCUT2D eigenvalue weighted by atomic mass is 16.5. The minimum atomic E-state index is -1.15. The van der Waals surface area contributed by atoms with Gasteiger partial charge in [-0.3, -0.25) is 4.79 Å². The quantitative estimate of drug-likeness (QED) is 0.344. The van der Waals surface area contributed by atoms with Crippen molar-refractivity contribution < 1.29 is 24.5 Å². The first-order chi connectivity index (χ1) is 17.5. The maximum absolute atomic E-state index is 13.9. The van der Waals surface area contributed by atoms with Gasteiger partial charge in [0.25, 0.3) is 5.91 Å². The molecule has 3 N–H and O–H groups in total. The van der Waals surface area contributed by atoms with Gasteiger partial charge in [0.15, 0.2) is 0 Å². The van der Waals surface area contributed by atoms with Gasteiger partial charge in [-0.25, -0.2) is 9.78 Å². The third kappa shape index (κ3) is 5.05. The smallest absolute Gasteiger partial charge is 0.326 e. The van der Waals surface area contributed by atoms with Crippen LogP contribution in [0, 0.1) is 6.92 Å². The van der Waals surface area contributed by atoms with Crippen molar-refractivity contribution >= 4 is 11.9 Å². The van der Waals surface area contributed by atoms with Gasteiger partial charge in [-0.05, 0) is 50.8 Å². The molecule has 0 bridgehead atoms. The van der Waals surface area contributed by atoms with Crippen LogP contribution >= 0.6 is 0 Å². The van der Waals surface area contributed by atoms with Gasteiger partial charge in [-0.15, -0.1) is 0 Å². The Morgan fingerprint density at radius 3 is 2.62 bits per heavy atom. The van der Waals surface area contributed by atoms with Gasteiger partial charge in [0, 0.05) is 25.2 Å². The molecule has 2 aromatic carbocycles. The van der Waals surface area contributed by atoms with Crippen LogP contribution in [0.2, 0.25) is 0 Å². The van der Waals surface area contributed by atoms with Gasteiger partial charge in [0.05, 0.1) is 23.1 Å². The molecule has 8 heteroatoms. The van der Waals surface area contributed by atoms with Gasteiger partial charge >= 0.3 is 5.97 Å². The summed E-state index contributed by atoms with van der Waals surface area (Å²) < 4.78 is 6.37. The summed E-state index contributed by atoms with van der Waals surface area (Å²) in [5, 5.41) is 21.6. The highest BCUT2D eigenvalue weighted by Crippen LogP contribution is 2.51. The molecule has 0 fully saturated rings. The molecule has 3 aromatic rings. The lowest BCUT2D eigenvalue weighted by Crippen LogP contribution is -2.44. The molecule has 1 aliphatic heterocycles. The number of carboxylic acid groups (broad SMARTS) is 1. The lowest BCUT2D eigenvalue weighted by atomic mass is 9.83. The van der Waals surface area contributed by atoms with E-state index in [-0.39, 0.29) is 17.7 Å². The maximum atomic E-state index is 13.9. The second kappa shape index (κ2) is 10.3. The summed E-state index contributed by atoms with van der Waals surface area (Å²) in [6.07, 6.45) is 6.47. The third-order valence-electron chi connectivity index (χ3n) is 7.10. The van der Waals surface area contributed by atoms with Gasteiger partial charge in [0.2, 0.25) is 0 Å². The average Bonchev–Trinajstić information content (AvgIpc) is 3.34. The van der Waals surface area contributed by atoms with E-state index in [2.05, 4.69) is 16.9 Å². The van der Waals surface area contributed by atoms with Gasteiger partial charge in [0.1, 0.15) is 23.1 Å². The molecule has 4 rings (SSSR count). The van der Waals surface area contributed by atoms with E-state index in [0.29, 0.717) is 29.0 Å². The summed E-state index contributed by atoms with van der Waals surface area (Å²) in [5.41, 5.74) is 3.89. The standard InChI is InChI=1S/C29H35N3O5/c1-6-7-8-9-18-13-23-25(20-12-17(2)10-11-21(20)29(3,4)37-23)26(33)24(18)27(34)32(5)22(28(35)36)14-19-15-30-16-31-19/h10-13,15-16,22,33H,6-9,14H2,1-5H3,(H,30,31)(H,35,36). The Hall–Kier alpha value is -3.81. The number of likely N-dealkylation sites (N-methyl/N-ethyl adjacent to an activating group) is 1. The van der Waals surface area contributed by atoms with Crippen molar-refractivity contribution in [3.05, 3.63) is 64.7 Å². The molecular formula is C29H35N3O5. The molecule has 2 heterocycles. The molecule has 1 aliphatic rings. The first-order valence-electron chi connectivity index (χ1n) is 12.7. The number of benzene rings is 2. The Kier molecular flexibility index (Phi) is 7.30. The number of aromatic nitrogens is 2. The van der Waals surface area contributed by atoms with Crippen LogP contribution in [0.4, 0.5) is 0 Å². The summed E-state index contributed by atoms with van der Waals surface area (Å²) >= 11 is 0. The lowest BCUT2D eigenvalue weighted by molar-refractivity contribution is -0.141. The number of aliphatic carboxylic acids is 1. The molecule has 1 amide bonds. The van der Waals surface area contributed by atoms with Crippen molar-refractivity contribution in [2.75, 3.05) is 7.05 Å². The van der Waals surface area contributed by atoms with Crippen LogP contribution in [-0.2, 0) is 23.2 Å². The highest BCUT2D eigenvalue weighted by molar-refractivity contribution is 6.03. The maximum Gasteiger partial charge on any atom is 0.326 e. The number of ether oxygens (including phenoxy) is 1. The van der Waals surface area contributed by atoms with Crippen molar-refractivity contribution in [2.45, 2.75) is 71.4 Å². The number of aromatic amines is 1. The molecule has 1 unspecified atom stereocenters. The number of phenolic OH excluding ortho intramolecular Hbond substituents is 1. The summed E-state index contributed by atoms with van der Waals surface area (Å²) in [5.74, 6) is -1.34. The topological polar surface area (TPSA) is 116 Å². The van der Waals surface area contributed by atoms with Crippen LogP contribution in [0.15, 0.2) is 36.8 Å². The number of H-pyrrole nitrogens is 1. The molecule has 8 nitrogen and oxygen atoms in total. The number of unbranched alkanes of at least 4 members (excludes halogenated alkanes) is 2. The van der Waals surface area contributed by atoms with Crippen molar-refractivity contribution in [2.24, 2.45) is 0 Å². The Bertz CT molecular complexity index is 1310. The number of carbonyl (C=O) groups excluding carboxylic acids is 1. The molecule has 37 heavy (non-hydrogen) atoms. The molecule has 0 spiro atoms. The molecule has 0 saturated heterocycles. The van der Waals surface area contributed by atoms with Crippen LogP contribution in [0.25, 0.3) is 11.1 Å². The van der Waals surface area contributed by atoms with Gasteiger partial charge in [-0.2, -0.15) is 0 Å². The summed E-state index contributed by atoms with van der Waals surface area (Å²) in [6, 6.07) is 6.67. The van der Waals surface area contributed by atoms with Crippen molar-refractivity contribution in [1.29, 1.82) is 0 Å². The molecular weight excluding hydrogens is 470 g/mol. The van der Waals surface area contributed by atoms with Gasteiger partial charge < -0.3 is 24.8 Å². The van der Waals surface area contributed by atoms with E-state index in [1.54, 1.807) is 6.20 Å². The fourth-order valence-electron chi connectivity index (χ4n) is 5.07. The van der Waals surface area contributed by atoms with Crippen molar-refractivity contribution in [1.82, 2.24) is 14.9 Å². The molecule has 0 saturated carbocycles. The normalized spacial score (nSPS) is 14.3. The second-order valence-corrected chi connectivity index (χ2v) is 10.3. The number of aromatic hydroxyl groups is 1. The third-order valence-corrected chi connectivity index (χ3v) is 7.10. The zero-order valence-electron chi connectivity index (χ0n) is 22.1. The van der Waals surface area contributed by atoms with E-state index in [1.165, 1.54) is 18.3 Å². The Morgan fingerprint density at radius 1 is 1.22 bits per heavy atom. The van der Waals surface area contributed by atoms with E-state index in [1.807, 2.05) is 45.0 Å². The lowest BCUT2D eigenvalue weighted by Gasteiger charge is -2.36. The summed E-state index contributed by atoms with van der Waals surface area (Å²) in [6.45, 7) is 8.04. The van der Waals surface area contributed by atoms with E-state index in [9.17, 15) is 19.8 Å². The number of hydrogen-bond donors (Lipinski definition) is 3. The second-order valence-electron chi connectivity index (χ2n) is 10.3. The average molecular weight is 506 g/mol. The minimum Gasteiger partial charge on any atom is -0.506 e. The van der Waals surface area contributed by atoms with Crippen molar-refractivity contribution in [3.8, 4) is 22.6 Å². The monoisotopic (exact) mass is 505 g/mol. The number of amides is 1. The predicted molar refractivity (Wildman–Crippen MR) is 141 cm³/mol. The van der Waals surface area contributed by atoms with Crippen LogP contribution in [0.1, 0.15) is 72.8 Å². The molecule has 1 atom stereocenters. The Morgan fingerprint density at radius 2 is 1.97 bits per heavy atom. The highest BCUT2D eigenvalue weighted by Gasteiger charge is 2.38. The minimum absolute atomic E-state index is 0.0390. The first kappa shape index (κ1) is 26.3. The number of fused-ring (bicyclic) bond motifs is 3. The van der Waals surface area contributed by atoms with E-state index >= 15 is 0 Å². The fraction of sp³-hybridized carbons (Fsp3) is 0.414. The number of rotatable bonds is 9. The summed E-state index contributed by atoms with van der Waals surface area (Å²) in [4.78, 5) is 34.2. The zero-order chi connectivity index (χ0) is 26.9. The number of nitrogens with one attached hydrogen (secondary N) is 1. The Balaban J connectivity index is 1.85. The van der Waals surface area contributed by atoms with Crippen molar-refractivity contribution in [3.63, 3.8) is 0 Å². The number of carbonyl (C=O) groups is 2.